The molecule has 0 aliphatic heterocycles. The van der Waals surface area contributed by atoms with Crippen LogP contribution in [0.25, 0.3) is 0 Å². The summed E-state index contributed by atoms with van der Waals surface area (Å²) >= 11 is 5.79. The normalized spacial score (nSPS) is 11.6. The highest BCUT2D eigenvalue weighted by molar-refractivity contribution is 6.29. The van der Waals surface area contributed by atoms with Crippen molar-refractivity contribution in [2.24, 2.45) is 0 Å². The van der Waals surface area contributed by atoms with Gasteiger partial charge in [0.05, 0.1) is 0 Å². The summed E-state index contributed by atoms with van der Waals surface area (Å²) in [4.78, 5) is 8.04. The van der Waals surface area contributed by atoms with Crippen LogP contribution in [-0.2, 0) is 11.3 Å². The van der Waals surface area contributed by atoms with Crippen molar-refractivity contribution in [2.75, 3.05) is 18.5 Å². The largest absolute Gasteiger partial charge is 0.389 e. The molecule has 108 valence electrons. The van der Waals surface area contributed by atoms with E-state index >= 15 is 0 Å². The average Bonchev–Trinajstić information content (AvgIpc) is 2.30. The monoisotopic (exact) mass is 297 g/mol. The summed E-state index contributed by atoms with van der Waals surface area (Å²) in [5, 5.41) is 3.01. The number of ether oxygens (including phenoxy) is 1. The summed E-state index contributed by atoms with van der Waals surface area (Å²) in [5.74, 6) is 0.796. The number of nitrogens with one attached hydrogen (secondary N) is 1. The van der Waals surface area contributed by atoms with Crippen molar-refractivity contribution in [1.82, 2.24) is 9.97 Å². The minimum Gasteiger partial charge on any atom is -0.374 e. The number of anilines is 1. The van der Waals surface area contributed by atoms with Gasteiger partial charge in [0.25, 0.3) is 0 Å². The van der Waals surface area contributed by atoms with Crippen LogP contribution in [0.3, 0.4) is 0 Å². The van der Waals surface area contributed by atoms with Gasteiger partial charge >= 0.3 is 6.18 Å². The van der Waals surface area contributed by atoms with Crippen LogP contribution in [0.15, 0.2) is 6.07 Å². The van der Waals surface area contributed by atoms with Crippen molar-refractivity contribution in [3.05, 3.63) is 17.0 Å². The zero-order valence-electron chi connectivity index (χ0n) is 10.4. The standard InChI is InChI=1S/C11H15ClF3N3O/c1-2-19-7-10-17-8(12)6-9(18-10)16-5-3-4-11(13,14)15/h6H,2-5,7H2,1H3,(H,16,17,18). The maximum atomic E-state index is 12.0. The average molecular weight is 298 g/mol. The predicted molar refractivity (Wildman–Crippen MR) is 66.2 cm³/mol. The van der Waals surface area contributed by atoms with Gasteiger partial charge in [-0.3, -0.25) is 0 Å². The highest BCUT2D eigenvalue weighted by Gasteiger charge is 2.25. The van der Waals surface area contributed by atoms with Crippen LogP contribution in [0, 0.1) is 0 Å². The van der Waals surface area contributed by atoms with Crippen molar-refractivity contribution in [3.8, 4) is 0 Å². The van der Waals surface area contributed by atoms with E-state index in [9.17, 15) is 13.2 Å². The molecule has 0 spiro atoms. The van der Waals surface area contributed by atoms with Crippen LogP contribution < -0.4 is 5.32 Å². The van der Waals surface area contributed by atoms with Gasteiger partial charge in [-0.15, -0.1) is 0 Å². The minimum absolute atomic E-state index is 0.0219. The topological polar surface area (TPSA) is 47.0 Å². The predicted octanol–water partition coefficient (Wildman–Crippen LogP) is 3.42. The molecular formula is C11H15ClF3N3O. The third-order valence-corrected chi connectivity index (χ3v) is 2.31. The Morgan fingerprint density at radius 2 is 2.11 bits per heavy atom. The van der Waals surface area contributed by atoms with E-state index in [0.717, 1.165) is 0 Å². The first-order valence-corrected chi connectivity index (χ1v) is 6.20. The lowest BCUT2D eigenvalue weighted by Crippen LogP contribution is -2.12. The maximum Gasteiger partial charge on any atom is 0.389 e. The third kappa shape index (κ3) is 7.17. The number of hydrogen-bond donors (Lipinski definition) is 1. The SMILES string of the molecule is CCOCc1nc(Cl)cc(NCCCC(F)(F)F)n1. The molecule has 0 bridgehead atoms. The first-order chi connectivity index (χ1) is 8.90. The molecule has 1 aromatic rings. The van der Waals surface area contributed by atoms with Gasteiger partial charge in [-0.25, -0.2) is 9.97 Å². The molecule has 0 saturated heterocycles. The van der Waals surface area contributed by atoms with Crippen LogP contribution >= 0.6 is 11.6 Å². The fourth-order valence-electron chi connectivity index (χ4n) is 1.32. The van der Waals surface area contributed by atoms with Crippen LogP contribution in [-0.4, -0.2) is 29.3 Å². The maximum absolute atomic E-state index is 12.0. The molecular weight excluding hydrogens is 283 g/mol. The van der Waals surface area contributed by atoms with Gasteiger partial charge in [0.2, 0.25) is 0 Å². The Labute approximate surface area is 114 Å². The number of rotatable bonds is 7. The van der Waals surface area contributed by atoms with Crippen LogP contribution in [0.5, 0.6) is 0 Å². The lowest BCUT2D eigenvalue weighted by atomic mass is 10.3. The molecule has 1 N–H and O–H groups in total. The minimum atomic E-state index is -4.13. The second kappa shape index (κ2) is 7.49. The zero-order valence-corrected chi connectivity index (χ0v) is 11.2. The molecule has 0 amide bonds. The van der Waals surface area contributed by atoms with Crippen molar-refractivity contribution < 1.29 is 17.9 Å². The summed E-state index contributed by atoms with van der Waals surface area (Å²) in [5.41, 5.74) is 0. The summed E-state index contributed by atoms with van der Waals surface area (Å²) in [6, 6.07) is 1.46. The van der Waals surface area contributed by atoms with E-state index in [4.69, 9.17) is 16.3 Å². The van der Waals surface area contributed by atoms with Crippen LogP contribution in [0.4, 0.5) is 19.0 Å². The molecule has 19 heavy (non-hydrogen) atoms. The Morgan fingerprint density at radius 1 is 1.37 bits per heavy atom. The molecule has 1 rings (SSSR count). The molecule has 0 saturated carbocycles. The molecule has 0 radical (unpaired) electrons. The Balaban J connectivity index is 2.46. The van der Waals surface area contributed by atoms with Gasteiger partial charge in [0, 0.05) is 25.6 Å². The fourth-order valence-corrected chi connectivity index (χ4v) is 1.52. The van der Waals surface area contributed by atoms with Crippen molar-refractivity contribution in [3.63, 3.8) is 0 Å². The molecule has 0 aliphatic rings. The van der Waals surface area contributed by atoms with Crippen molar-refractivity contribution in [1.29, 1.82) is 0 Å². The van der Waals surface area contributed by atoms with Gasteiger partial charge in [0.1, 0.15) is 17.6 Å². The molecule has 4 nitrogen and oxygen atoms in total. The first-order valence-electron chi connectivity index (χ1n) is 5.82. The van der Waals surface area contributed by atoms with Gasteiger partial charge in [-0.1, -0.05) is 11.6 Å². The van der Waals surface area contributed by atoms with Crippen LogP contribution in [0.2, 0.25) is 5.15 Å². The lowest BCUT2D eigenvalue weighted by molar-refractivity contribution is -0.134. The third-order valence-electron chi connectivity index (χ3n) is 2.12. The quantitative estimate of drug-likeness (QED) is 0.619. The smallest absolute Gasteiger partial charge is 0.374 e. The first kappa shape index (κ1) is 16.0. The Kier molecular flexibility index (Phi) is 6.30. The second-order valence-corrected chi connectivity index (χ2v) is 4.16. The summed E-state index contributed by atoms with van der Waals surface area (Å²) < 4.78 is 41.0. The van der Waals surface area contributed by atoms with Gasteiger partial charge < -0.3 is 10.1 Å². The molecule has 0 fully saturated rings. The summed E-state index contributed by atoms with van der Waals surface area (Å²) in [6.07, 6.45) is -4.98. The van der Waals surface area contributed by atoms with Gasteiger partial charge in [-0.2, -0.15) is 13.2 Å². The number of alkyl halides is 3. The lowest BCUT2D eigenvalue weighted by Gasteiger charge is -2.09. The molecule has 0 unspecified atom stereocenters. The Morgan fingerprint density at radius 3 is 2.74 bits per heavy atom. The highest BCUT2D eigenvalue weighted by atomic mass is 35.5. The van der Waals surface area contributed by atoms with E-state index in [1.54, 1.807) is 0 Å². The highest BCUT2D eigenvalue weighted by Crippen LogP contribution is 2.21. The van der Waals surface area contributed by atoms with Crippen LogP contribution in [0.1, 0.15) is 25.6 Å². The Bertz CT molecular complexity index is 401. The number of nitrogens with zero attached hydrogens (tertiary/aromatic N) is 2. The molecule has 0 aromatic carbocycles. The van der Waals surface area contributed by atoms with Gasteiger partial charge in [-0.05, 0) is 13.3 Å². The molecule has 0 atom stereocenters. The fraction of sp³-hybridized carbons (Fsp3) is 0.636. The van der Waals surface area contributed by atoms with E-state index < -0.39 is 12.6 Å². The van der Waals surface area contributed by atoms with E-state index in [1.165, 1.54) is 6.07 Å². The van der Waals surface area contributed by atoms with E-state index in [0.29, 0.717) is 18.2 Å². The number of halogens is 4. The number of hydrogen-bond acceptors (Lipinski definition) is 4. The van der Waals surface area contributed by atoms with E-state index in [2.05, 4.69) is 15.3 Å². The van der Waals surface area contributed by atoms with Crippen molar-refractivity contribution in [2.45, 2.75) is 32.5 Å². The number of aromatic nitrogens is 2. The molecule has 1 aromatic heterocycles. The van der Waals surface area contributed by atoms with E-state index in [1.807, 2.05) is 6.92 Å². The molecule has 8 heteroatoms. The Hall–Kier alpha value is -1.08. The molecule has 0 aliphatic carbocycles. The molecule has 1 heterocycles. The summed E-state index contributed by atoms with van der Waals surface area (Å²) in [6.45, 7) is 2.74. The van der Waals surface area contributed by atoms with Crippen molar-refractivity contribution >= 4 is 17.4 Å². The second-order valence-electron chi connectivity index (χ2n) is 3.77. The van der Waals surface area contributed by atoms with E-state index in [-0.39, 0.29) is 24.7 Å². The summed E-state index contributed by atoms with van der Waals surface area (Å²) in [7, 11) is 0. The zero-order chi connectivity index (χ0) is 14.3. The van der Waals surface area contributed by atoms with Gasteiger partial charge in [0.15, 0.2) is 5.82 Å².